The van der Waals surface area contributed by atoms with E-state index in [1.165, 1.54) is 12.8 Å². The van der Waals surface area contributed by atoms with Crippen molar-refractivity contribution in [1.29, 1.82) is 0 Å². The van der Waals surface area contributed by atoms with Crippen LogP contribution >= 0.6 is 0 Å². The van der Waals surface area contributed by atoms with Gasteiger partial charge in [-0.15, -0.1) is 0 Å². The molecule has 100 valence electrons. The van der Waals surface area contributed by atoms with Crippen molar-refractivity contribution >= 4 is 5.91 Å². The van der Waals surface area contributed by atoms with Crippen LogP contribution < -0.4 is 5.73 Å². The van der Waals surface area contributed by atoms with Gasteiger partial charge in [0.25, 0.3) is 0 Å². The Kier molecular flexibility index (Phi) is 6.52. The van der Waals surface area contributed by atoms with E-state index in [0.717, 1.165) is 25.8 Å². The van der Waals surface area contributed by atoms with E-state index in [2.05, 4.69) is 0 Å². The maximum Gasteiger partial charge on any atom is 0.222 e. The van der Waals surface area contributed by atoms with Crippen LogP contribution in [0.15, 0.2) is 0 Å². The molecule has 2 atom stereocenters. The number of carbonyl (C=O) groups excluding carboxylic acids is 1. The zero-order valence-electron chi connectivity index (χ0n) is 11.2. The van der Waals surface area contributed by atoms with E-state index in [1.807, 2.05) is 11.8 Å². The van der Waals surface area contributed by atoms with E-state index in [1.54, 1.807) is 7.11 Å². The maximum absolute atomic E-state index is 12.2. The molecule has 0 aromatic carbocycles. The molecule has 0 saturated carbocycles. The van der Waals surface area contributed by atoms with Crippen LogP contribution in [0.25, 0.3) is 0 Å². The lowest BCUT2D eigenvalue weighted by Crippen LogP contribution is -2.44. The Morgan fingerprint density at radius 1 is 1.47 bits per heavy atom. The molecule has 0 aliphatic carbocycles. The van der Waals surface area contributed by atoms with E-state index in [9.17, 15) is 4.79 Å². The van der Waals surface area contributed by atoms with Gasteiger partial charge in [0.1, 0.15) is 0 Å². The summed E-state index contributed by atoms with van der Waals surface area (Å²) in [7, 11) is 1.68. The molecule has 1 saturated heterocycles. The molecule has 0 spiro atoms. The molecule has 1 aliphatic heterocycles. The monoisotopic (exact) mass is 242 g/mol. The van der Waals surface area contributed by atoms with Crippen molar-refractivity contribution in [2.75, 3.05) is 20.2 Å². The Morgan fingerprint density at radius 2 is 2.24 bits per heavy atom. The lowest BCUT2D eigenvalue weighted by atomic mass is 10.1. The van der Waals surface area contributed by atoms with Crippen LogP contribution in [0.4, 0.5) is 0 Å². The molecule has 17 heavy (non-hydrogen) atoms. The Balaban J connectivity index is 2.46. The number of hydrogen-bond acceptors (Lipinski definition) is 3. The number of amides is 1. The van der Waals surface area contributed by atoms with Crippen LogP contribution in [-0.2, 0) is 9.53 Å². The zero-order valence-corrected chi connectivity index (χ0v) is 11.2. The van der Waals surface area contributed by atoms with Gasteiger partial charge in [0, 0.05) is 32.7 Å². The van der Waals surface area contributed by atoms with Gasteiger partial charge < -0.3 is 15.4 Å². The standard InChI is InChI=1S/C13H26N2O2/c1-11(17-2)7-8-13(16)15-9-5-3-4-6-12(15)10-14/h11-12H,3-10,14H2,1-2H3. The van der Waals surface area contributed by atoms with Crippen LogP contribution in [0.5, 0.6) is 0 Å². The molecule has 2 unspecified atom stereocenters. The molecule has 2 N–H and O–H groups in total. The SMILES string of the molecule is COC(C)CCC(=O)N1CCCCCC1CN. The summed E-state index contributed by atoms with van der Waals surface area (Å²) in [6.45, 7) is 3.46. The van der Waals surface area contributed by atoms with Crippen LogP contribution in [0.2, 0.25) is 0 Å². The van der Waals surface area contributed by atoms with Gasteiger partial charge in [-0.3, -0.25) is 4.79 Å². The molecule has 1 rings (SSSR count). The molecule has 0 bridgehead atoms. The summed E-state index contributed by atoms with van der Waals surface area (Å²) in [6.07, 6.45) is 6.11. The highest BCUT2D eigenvalue weighted by atomic mass is 16.5. The molecule has 1 aliphatic rings. The van der Waals surface area contributed by atoms with Crippen LogP contribution in [0.3, 0.4) is 0 Å². The highest BCUT2D eigenvalue weighted by Gasteiger charge is 2.24. The lowest BCUT2D eigenvalue weighted by Gasteiger charge is -2.29. The fourth-order valence-corrected chi connectivity index (χ4v) is 2.34. The molecule has 4 heteroatoms. The zero-order chi connectivity index (χ0) is 12.7. The van der Waals surface area contributed by atoms with Gasteiger partial charge in [0.05, 0.1) is 6.10 Å². The van der Waals surface area contributed by atoms with Crippen molar-refractivity contribution in [3.8, 4) is 0 Å². The number of ether oxygens (including phenoxy) is 1. The van der Waals surface area contributed by atoms with Crippen molar-refractivity contribution in [2.45, 2.75) is 57.6 Å². The van der Waals surface area contributed by atoms with E-state index in [-0.39, 0.29) is 18.1 Å². The summed E-state index contributed by atoms with van der Waals surface area (Å²) in [5.74, 6) is 0.242. The van der Waals surface area contributed by atoms with Crippen molar-refractivity contribution in [1.82, 2.24) is 4.90 Å². The van der Waals surface area contributed by atoms with Crippen molar-refractivity contribution in [3.63, 3.8) is 0 Å². The predicted molar refractivity (Wildman–Crippen MR) is 68.7 cm³/mol. The van der Waals surface area contributed by atoms with Gasteiger partial charge in [-0.05, 0) is 26.2 Å². The summed E-state index contributed by atoms with van der Waals surface area (Å²) in [6, 6.07) is 0.253. The first-order valence-corrected chi connectivity index (χ1v) is 6.71. The Bertz CT molecular complexity index is 233. The minimum atomic E-state index is 0.155. The summed E-state index contributed by atoms with van der Waals surface area (Å²) in [5.41, 5.74) is 5.76. The number of hydrogen-bond donors (Lipinski definition) is 1. The first-order valence-electron chi connectivity index (χ1n) is 6.71. The van der Waals surface area contributed by atoms with E-state index in [4.69, 9.17) is 10.5 Å². The largest absolute Gasteiger partial charge is 0.382 e. The second kappa shape index (κ2) is 7.67. The van der Waals surface area contributed by atoms with Crippen molar-refractivity contribution in [2.24, 2.45) is 5.73 Å². The second-order valence-corrected chi connectivity index (χ2v) is 4.91. The van der Waals surface area contributed by atoms with Gasteiger partial charge in [0.2, 0.25) is 5.91 Å². The van der Waals surface area contributed by atoms with Crippen molar-refractivity contribution in [3.05, 3.63) is 0 Å². The molecular weight excluding hydrogens is 216 g/mol. The number of carbonyl (C=O) groups is 1. The van der Waals surface area contributed by atoms with Gasteiger partial charge in [-0.25, -0.2) is 0 Å². The third-order valence-corrected chi connectivity index (χ3v) is 3.64. The average molecular weight is 242 g/mol. The van der Waals surface area contributed by atoms with Gasteiger partial charge in [0.15, 0.2) is 0 Å². The quantitative estimate of drug-likeness (QED) is 0.795. The van der Waals surface area contributed by atoms with Gasteiger partial charge in [-0.2, -0.15) is 0 Å². The third kappa shape index (κ3) is 4.64. The number of methoxy groups -OCH3 is 1. The molecule has 0 radical (unpaired) electrons. The summed E-state index contributed by atoms with van der Waals surface area (Å²) in [4.78, 5) is 14.2. The molecular formula is C13H26N2O2. The minimum Gasteiger partial charge on any atom is -0.382 e. The van der Waals surface area contributed by atoms with Crippen molar-refractivity contribution < 1.29 is 9.53 Å². The smallest absolute Gasteiger partial charge is 0.222 e. The Hall–Kier alpha value is -0.610. The summed E-state index contributed by atoms with van der Waals surface area (Å²) < 4.78 is 5.17. The Labute approximate surface area is 104 Å². The fraction of sp³-hybridized carbons (Fsp3) is 0.923. The van der Waals surface area contributed by atoms with Gasteiger partial charge in [-0.1, -0.05) is 12.8 Å². The Morgan fingerprint density at radius 3 is 2.88 bits per heavy atom. The van der Waals surface area contributed by atoms with E-state index >= 15 is 0 Å². The maximum atomic E-state index is 12.2. The number of nitrogens with zero attached hydrogens (tertiary/aromatic N) is 1. The van der Waals surface area contributed by atoms with Crippen LogP contribution in [0, 0.1) is 0 Å². The van der Waals surface area contributed by atoms with E-state index in [0.29, 0.717) is 13.0 Å². The topological polar surface area (TPSA) is 55.6 Å². The minimum absolute atomic E-state index is 0.155. The third-order valence-electron chi connectivity index (χ3n) is 3.64. The first kappa shape index (κ1) is 14.5. The molecule has 1 heterocycles. The summed E-state index contributed by atoms with van der Waals surface area (Å²) >= 11 is 0. The highest BCUT2D eigenvalue weighted by Crippen LogP contribution is 2.17. The van der Waals surface area contributed by atoms with Crippen LogP contribution in [0.1, 0.15) is 45.4 Å². The van der Waals surface area contributed by atoms with E-state index < -0.39 is 0 Å². The fourth-order valence-electron chi connectivity index (χ4n) is 2.34. The number of nitrogens with two attached hydrogens (primary N) is 1. The van der Waals surface area contributed by atoms with Crippen LogP contribution in [-0.4, -0.2) is 43.2 Å². The summed E-state index contributed by atoms with van der Waals surface area (Å²) in [5, 5.41) is 0. The first-order chi connectivity index (χ1) is 8.19. The second-order valence-electron chi connectivity index (χ2n) is 4.91. The predicted octanol–water partition coefficient (Wildman–Crippen LogP) is 1.53. The number of likely N-dealkylation sites (tertiary alicyclic amines) is 1. The molecule has 4 nitrogen and oxygen atoms in total. The molecule has 1 amide bonds. The lowest BCUT2D eigenvalue weighted by molar-refractivity contribution is -0.133. The molecule has 0 aromatic heterocycles. The van der Waals surface area contributed by atoms with Gasteiger partial charge >= 0.3 is 0 Å². The average Bonchev–Trinajstić information content (AvgIpc) is 2.60. The molecule has 1 fully saturated rings. The molecule has 0 aromatic rings. The normalized spacial score (nSPS) is 23.2. The highest BCUT2D eigenvalue weighted by molar-refractivity contribution is 5.76. The number of rotatable bonds is 5.